The van der Waals surface area contributed by atoms with Gasteiger partial charge in [0.25, 0.3) is 0 Å². The lowest BCUT2D eigenvalue weighted by atomic mass is 9.76. The van der Waals surface area contributed by atoms with Crippen molar-refractivity contribution in [1.82, 2.24) is 16.0 Å². The molecule has 0 aromatic heterocycles. The van der Waals surface area contributed by atoms with Gasteiger partial charge < -0.3 is 31.5 Å². The highest BCUT2D eigenvalue weighted by atomic mass is 16.6. The highest BCUT2D eigenvalue weighted by Crippen LogP contribution is 2.37. The Kier molecular flexibility index (Phi) is 15.7. The van der Waals surface area contributed by atoms with E-state index in [0.29, 0.717) is 25.2 Å². The number of aliphatic imine (C=N–C) groups is 1. The first kappa shape index (κ1) is 41.9. The SMILES string of the molecule is CCC(N)=NCCC[C@H](NC(=O)OC(C)(C)C)C(=O)C[C@@H](CCC(=O)NC(c1ccccc1)(c1ccccc1)c1ccccc1)C(=O)N[C@@H](C)C(=O)O. The van der Waals surface area contributed by atoms with E-state index in [1.165, 1.54) is 6.92 Å². The normalized spacial score (nSPS) is 13.6. The maximum Gasteiger partial charge on any atom is 0.408 e. The standard InChI is InChI=1S/C41H53N5O7/c1-6-35(42)43-26-16-23-33(45-39(52)53-40(3,4)5)34(47)27-29(37(49)44-28(2)38(50)51)24-25-36(48)46-41(30-17-10-7-11-18-30,31-19-12-8-13-20-31)32-21-14-9-15-22-32/h7-15,17-22,28-29,33H,6,16,23-27H2,1-5H3,(H2,42,43)(H,44,49)(H,45,52)(H,46,48)(H,50,51)/t28-,29+,33-/m0/s1. The van der Waals surface area contributed by atoms with E-state index in [1.54, 1.807) is 20.8 Å². The fourth-order valence-electron chi connectivity index (χ4n) is 5.86. The summed E-state index contributed by atoms with van der Waals surface area (Å²) < 4.78 is 5.40. The molecule has 0 saturated heterocycles. The number of carboxylic acid groups (broad SMARTS) is 1. The summed E-state index contributed by atoms with van der Waals surface area (Å²) in [4.78, 5) is 70.2. The minimum Gasteiger partial charge on any atom is -0.480 e. The number of ketones is 1. The Labute approximate surface area is 312 Å². The molecule has 3 rings (SSSR count). The molecule has 6 N–H and O–H groups in total. The third kappa shape index (κ3) is 12.9. The van der Waals surface area contributed by atoms with Gasteiger partial charge in [0.1, 0.15) is 17.2 Å². The van der Waals surface area contributed by atoms with Crippen LogP contribution in [0.25, 0.3) is 0 Å². The van der Waals surface area contributed by atoms with E-state index in [-0.39, 0.29) is 25.7 Å². The van der Waals surface area contributed by atoms with Gasteiger partial charge in [-0.3, -0.25) is 24.2 Å². The average Bonchev–Trinajstić information content (AvgIpc) is 3.13. The molecule has 12 heteroatoms. The molecule has 0 aliphatic rings. The second-order valence-corrected chi connectivity index (χ2v) is 13.9. The number of hydrogen-bond acceptors (Lipinski definition) is 7. The highest BCUT2D eigenvalue weighted by Gasteiger charge is 2.38. The molecule has 0 aliphatic heterocycles. The van der Waals surface area contributed by atoms with Gasteiger partial charge in [0.05, 0.1) is 11.9 Å². The Morgan fingerprint density at radius 1 is 0.811 bits per heavy atom. The van der Waals surface area contributed by atoms with Gasteiger partial charge in [0.2, 0.25) is 11.8 Å². The predicted octanol–water partition coefficient (Wildman–Crippen LogP) is 5.48. The second-order valence-electron chi connectivity index (χ2n) is 13.9. The predicted molar refractivity (Wildman–Crippen MR) is 204 cm³/mol. The topological polar surface area (TPSA) is 189 Å². The van der Waals surface area contributed by atoms with Gasteiger partial charge in [0, 0.05) is 31.7 Å². The number of benzene rings is 3. The van der Waals surface area contributed by atoms with Gasteiger partial charge in [-0.25, -0.2) is 4.79 Å². The number of carbonyl (C=O) groups is 5. The molecule has 284 valence electrons. The van der Waals surface area contributed by atoms with Crippen LogP contribution in [0.3, 0.4) is 0 Å². The number of nitrogens with zero attached hydrogens (tertiary/aromatic N) is 1. The van der Waals surface area contributed by atoms with Crippen LogP contribution in [0.4, 0.5) is 4.79 Å². The molecule has 0 unspecified atom stereocenters. The Hall–Kier alpha value is -5.52. The molecule has 3 amide bonds. The van der Waals surface area contributed by atoms with Crippen molar-refractivity contribution in [2.75, 3.05) is 6.54 Å². The molecule has 0 bridgehead atoms. The summed E-state index contributed by atoms with van der Waals surface area (Å²) in [5.41, 5.74) is 6.34. The number of Topliss-reactive ketones (excluding diaryl/α,β-unsaturated/α-hetero) is 1. The van der Waals surface area contributed by atoms with Crippen molar-refractivity contribution in [3.63, 3.8) is 0 Å². The van der Waals surface area contributed by atoms with Gasteiger partial charge in [0.15, 0.2) is 5.78 Å². The zero-order valence-electron chi connectivity index (χ0n) is 31.3. The number of carbonyl (C=O) groups excluding carboxylic acids is 4. The summed E-state index contributed by atoms with van der Waals surface area (Å²) in [5.74, 6) is -3.45. The zero-order chi connectivity index (χ0) is 39.0. The number of alkyl carbamates (subject to hydrolysis) is 1. The molecule has 12 nitrogen and oxygen atoms in total. The summed E-state index contributed by atoms with van der Waals surface area (Å²) in [5, 5.41) is 17.8. The fraction of sp³-hybridized carbons (Fsp3) is 0.415. The summed E-state index contributed by atoms with van der Waals surface area (Å²) in [6.07, 6.45) is -0.257. The molecular weight excluding hydrogens is 674 g/mol. The van der Waals surface area contributed by atoms with Crippen molar-refractivity contribution >= 4 is 35.5 Å². The number of nitrogens with two attached hydrogens (primary N) is 1. The van der Waals surface area contributed by atoms with Crippen molar-refractivity contribution in [3.8, 4) is 0 Å². The van der Waals surface area contributed by atoms with E-state index in [1.807, 2.05) is 97.9 Å². The number of rotatable bonds is 19. The number of amidine groups is 1. The van der Waals surface area contributed by atoms with Gasteiger partial charge in [-0.1, -0.05) is 97.9 Å². The lowest BCUT2D eigenvalue weighted by molar-refractivity contribution is -0.142. The number of amides is 3. The van der Waals surface area contributed by atoms with E-state index in [9.17, 15) is 29.1 Å². The number of hydrogen-bond donors (Lipinski definition) is 5. The highest BCUT2D eigenvalue weighted by molar-refractivity contribution is 5.93. The van der Waals surface area contributed by atoms with Crippen LogP contribution in [0.15, 0.2) is 96.0 Å². The van der Waals surface area contributed by atoms with Crippen LogP contribution in [-0.2, 0) is 29.5 Å². The molecule has 53 heavy (non-hydrogen) atoms. The van der Waals surface area contributed by atoms with E-state index >= 15 is 0 Å². The summed E-state index contributed by atoms with van der Waals surface area (Å²) in [7, 11) is 0. The maximum atomic E-state index is 14.1. The van der Waals surface area contributed by atoms with Crippen LogP contribution in [0, 0.1) is 5.92 Å². The quantitative estimate of drug-likeness (QED) is 0.0464. The minimum absolute atomic E-state index is 0.0827. The maximum absolute atomic E-state index is 14.1. The molecule has 0 saturated carbocycles. The third-order valence-corrected chi connectivity index (χ3v) is 8.62. The number of aliphatic carboxylic acids is 1. The second kappa shape index (κ2) is 19.9. The Bertz CT molecular complexity index is 1600. The number of ether oxygens (including phenoxy) is 1. The molecule has 3 aromatic carbocycles. The van der Waals surface area contributed by atoms with Gasteiger partial charge in [-0.05, 0) is 63.6 Å². The van der Waals surface area contributed by atoms with Crippen molar-refractivity contribution in [2.24, 2.45) is 16.6 Å². The van der Waals surface area contributed by atoms with Crippen LogP contribution in [0.1, 0.15) is 89.8 Å². The van der Waals surface area contributed by atoms with Gasteiger partial charge >= 0.3 is 12.1 Å². The number of nitrogens with one attached hydrogen (secondary N) is 3. The van der Waals surface area contributed by atoms with Gasteiger partial charge in [-0.15, -0.1) is 0 Å². The van der Waals surface area contributed by atoms with Crippen molar-refractivity contribution in [3.05, 3.63) is 108 Å². The van der Waals surface area contributed by atoms with Crippen LogP contribution in [0.5, 0.6) is 0 Å². The molecule has 3 aromatic rings. The van der Waals surface area contributed by atoms with E-state index in [0.717, 1.165) is 16.7 Å². The zero-order valence-corrected chi connectivity index (χ0v) is 31.3. The largest absolute Gasteiger partial charge is 0.480 e. The lowest BCUT2D eigenvalue weighted by Gasteiger charge is -2.37. The van der Waals surface area contributed by atoms with E-state index < -0.39 is 58.8 Å². The van der Waals surface area contributed by atoms with Gasteiger partial charge in [-0.2, -0.15) is 0 Å². The Morgan fingerprint density at radius 2 is 1.32 bits per heavy atom. The summed E-state index contributed by atoms with van der Waals surface area (Å²) in [6, 6.07) is 26.4. The van der Waals surface area contributed by atoms with E-state index in [4.69, 9.17) is 10.5 Å². The minimum atomic E-state index is -1.25. The Morgan fingerprint density at radius 3 is 1.77 bits per heavy atom. The van der Waals surface area contributed by atoms with Crippen molar-refractivity contribution in [1.29, 1.82) is 0 Å². The smallest absolute Gasteiger partial charge is 0.408 e. The molecular formula is C41H53N5O7. The third-order valence-electron chi connectivity index (χ3n) is 8.62. The van der Waals surface area contributed by atoms with Crippen LogP contribution >= 0.6 is 0 Å². The van der Waals surface area contributed by atoms with Crippen LogP contribution in [-0.4, -0.2) is 64.8 Å². The van der Waals surface area contributed by atoms with Crippen LogP contribution in [0.2, 0.25) is 0 Å². The Balaban J connectivity index is 1.92. The molecule has 0 spiro atoms. The molecule has 0 aliphatic carbocycles. The first-order chi connectivity index (χ1) is 25.2. The average molecular weight is 728 g/mol. The molecule has 3 atom stereocenters. The molecule has 0 heterocycles. The van der Waals surface area contributed by atoms with E-state index in [2.05, 4.69) is 20.9 Å². The monoisotopic (exact) mass is 727 g/mol. The first-order valence-electron chi connectivity index (χ1n) is 18.0. The first-order valence-corrected chi connectivity index (χ1v) is 18.0. The summed E-state index contributed by atoms with van der Waals surface area (Å²) in [6.45, 7) is 8.60. The molecule has 0 radical (unpaired) electrons. The number of carboxylic acids is 1. The van der Waals surface area contributed by atoms with Crippen molar-refractivity contribution < 1.29 is 33.8 Å². The summed E-state index contributed by atoms with van der Waals surface area (Å²) >= 11 is 0. The van der Waals surface area contributed by atoms with Crippen molar-refractivity contribution in [2.45, 2.75) is 96.4 Å². The lowest BCUT2D eigenvalue weighted by Crippen LogP contribution is -2.48. The fourth-order valence-corrected chi connectivity index (χ4v) is 5.86. The molecule has 0 fully saturated rings. The van der Waals surface area contributed by atoms with Crippen LogP contribution < -0.4 is 21.7 Å².